The largest absolute Gasteiger partial charge is 0.358 e. The van der Waals surface area contributed by atoms with Crippen molar-refractivity contribution in [2.75, 3.05) is 20.6 Å². The van der Waals surface area contributed by atoms with Crippen LogP contribution in [0, 0.1) is 6.92 Å². The molecule has 2 aromatic rings. The van der Waals surface area contributed by atoms with Crippen LogP contribution in [0.3, 0.4) is 0 Å². The maximum atomic E-state index is 11.4. The lowest BCUT2D eigenvalue weighted by Crippen LogP contribution is -2.32. The summed E-state index contributed by atoms with van der Waals surface area (Å²) >= 11 is 6.45. The van der Waals surface area contributed by atoms with Crippen LogP contribution in [0.5, 0.6) is 0 Å². The minimum absolute atomic E-state index is 0.0262. The molecule has 0 radical (unpaired) electrons. The molecule has 1 amide bonds. The van der Waals surface area contributed by atoms with Crippen LogP contribution in [-0.2, 0) is 11.3 Å². The lowest BCUT2D eigenvalue weighted by Gasteiger charge is -2.15. The zero-order valence-electron chi connectivity index (χ0n) is 12.4. The van der Waals surface area contributed by atoms with Gasteiger partial charge in [0, 0.05) is 19.2 Å². The minimum Gasteiger partial charge on any atom is -0.358 e. The second kappa shape index (κ2) is 6.74. The van der Waals surface area contributed by atoms with Gasteiger partial charge in [0.25, 0.3) is 0 Å². The third-order valence-corrected chi connectivity index (χ3v) is 3.63. The number of hydrogen-bond donors (Lipinski definition) is 1. The zero-order chi connectivity index (χ0) is 15.4. The Morgan fingerprint density at radius 2 is 2.05 bits per heavy atom. The Balaban J connectivity index is 2.22. The SMILES string of the molecule is CNC(=O)CN(C)Cc1c(C)nn(-c2ccccc2)c1Cl. The van der Waals surface area contributed by atoms with E-state index in [0.717, 1.165) is 16.9 Å². The predicted octanol–water partition coefficient (Wildman–Crippen LogP) is 2.01. The Morgan fingerprint density at radius 1 is 1.38 bits per heavy atom. The van der Waals surface area contributed by atoms with Crippen molar-refractivity contribution in [3.05, 3.63) is 46.7 Å². The highest BCUT2D eigenvalue weighted by Crippen LogP contribution is 2.24. The number of carbonyl (C=O) groups excluding carboxylic acids is 1. The average molecular weight is 307 g/mol. The third kappa shape index (κ3) is 3.62. The molecular weight excluding hydrogens is 288 g/mol. The van der Waals surface area contributed by atoms with E-state index in [1.807, 2.05) is 49.2 Å². The molecule has 6 heteroatoms. The fourth-order valence-electron chi connectivity index (χ4n) is 2.10. The molecule has 5 nitrogen and oxygen atoms in total. The molecule has 0 aliphatic carbocycles. The molecule has 0 atom stereocenters. The molecule has 0 spiro atoms. The van der Waals surface area contributed by atoms with Gasteiger partial charge in [0.05, 0.1) is 17.9 Å². The molecule has 2 rings (SSSR count). The van der Waals surface area contributed by atoms with Crippen LogP contribution in [-0.4, -0.2) is 41.2 Å². The highest BCUT2D eigenvalue weighted by atomic mass is 35.5. The highest BCUT2D eigenvalue weighted by Gasteiger charge is 2.16. The average Bonchev–Trinajstić information content (AvgIpc) is 2.76. The van der Waals surface area contributed by atoms with Gasteiger partial charge in [0.1, 0.15) is 5.15 Å². The maximum absolute atomic E-state index is 11.4. The number of aryl methyl sites for hydroxylation is 1. The molecule has 112 valence electrons. The summed E-state index contributed by atoms with van der Waals surface area (Å²) in [5, 5.41) is 7.68. The fraction of sp³-hybridized carbons (Fsp3) is 0.333. The fourth-order valence-corrected chi connectivity index (χ4v) is 2.43. The zero-order valence-corrected chi connectivity index (χ0v) is 13.2. The lowest BCUT2D eigenvalue weighted by atomic mass is 10.2. The van der Waals surface area contributed by atoms with Crippen molar-refractivity contribution in [2.45, 2.75) is 13.5 Å². The number of nitrogens with one attached hydrogen (secondary N) is 1. The molecule has 0 fully saturated rings. The maximum Gasteiger partial charge on any atom is 0.233 e. The van der Waals surface area contributed by atoms with E-state index in [0.29, 0.717) is 18.2 Å². The van der Waals surface area contributed by atoms with Gasteiger partial charge in [-0.05, 0) is 26.1 Å². The summed E-state index contributed by atoms with van der Waals surface area (Å²) in [7, 11) is 3.51. The molecule has 0 saturated carbocycles. The Morgan fingerprint density at radius 3 is 2.67 bits per heavy atom. The molecule has 1 heterocycles. The summed E-state index contributed by atoms with van der Waals surface area (Å²) in [4.78, 5) is 13.3. The summed E-state index contributed by atoms with van der Waals surface area (Å²) in [6.45, 7) is 2.82. The van der Waals surface area contributed by atoms with Gasteiger partial charge < -0.3 is 5.32 Å². The first-order chi connectivity index (χ1) is 10.0. The first kappa shape index (κ1) is 15.5. The number of benzene rings is 1. The van der Waals surface area contributed by atoms with Gasteiger partial charge in [-0.15, -0.1) is 0 Å². The number of carbonyl (C=O) groups is 1. The summed E-state index contributed by atoms with van der Waals surface area (Å²) in [5.41, 5.74) is 2.73. The van der Waals surface area contributed by atoms with Crippen LogP contribution in [0.25, 0.3) is 5.69 Å². The number of hydrogen-bond acceptors (Lipinski definition) is 3. The van der Waals surface area contributed by atoms with Crippen molar-refractivity contribution in [3.8, 4) is 5.69 Å². The molecule has 1 aromatic carbocycles. The third-order valence-electron chi connectivity index (χ3n) is 3.24. The first-order valence-electron chi connectivity index (χ1n) is 6.71. The van der Waals surface area contributed by atoms with Crippen LogP contribution >= 0.6 is 11.6 Å². The van der Waals surface area contributed by atoms with E-state index in [-0.39, 0.29) is 5.91 Å². The standard InChI is InChI=1S/C15H19ClN4O/c1-11-13(9-19(3)10-14(21)17-2)15(16)20(18-11)12-7-5-4-6-8-12/h4-8H,9-10H2,1-3H3,(H,17,21). The molecule has 21 heavy (non-hydrogen) atoms. The Labute approximate surface area is 129 Å². The van der Waals surface area contributed by atoms with Gasteiger partial charge >= 0.3 is 0 Å². The van der Waals surface area contributed by atoms with Gasteiger partial charge in [0.15, 0.2) is 0 Å². The van der Waals surface area contributed by atoms with Crippen molar-refractivity contribution in [2.24, 2.45) is 0 Å². The monoisotopic (exact) mass is 306 g/mol. The molecule has 0 aliphatic rings. The van der Waals surface area contributed by atoms with Crippen molar-refractivity contribution < 1.29 is 4.79 Å². The van der Waals surface area contributed by atoms with Crippen molar-refractivity contribution >= 4 is 17.5 Å². The summed E-state index contributed by atoms with van der Waals surface area (Å²) < 4.78 is 1.72. The van der Waals surface area contributed by atoms with Crippen LogP contribution in [0.15, 0.2) is 30.3 Å². The number of rotatable bonds is 5. The summed E-state index contributed by atoms with van der Waals surface area (Å²) in [5.74, 6) is -0.0262. The number of nitrogens with zero attached hydrogens (tertiary/aromatic N) is 3. The molecular formula is C15H19ClN4O. The van der Waals surface area contributed by atoms with Gasteiger partial charge in [-0.2, -0.15) is 5.10 Å². The highest BCUT2D eigenvalue weighted by molar-refractivity contribution is 6.30. The molecule has 1 N–H and O–H groups in total. The van der Waals surface area contributed by atoms with E-state index in [1.165, 1.54) is 0 Å². The Bertz CT molecular complexity index is 624. The van der Waals surface area contributed by atoms with Crippen LogP contribution in [0.2, 0.25) is 5.15 Å². The number of aromatic nitrogens is 2. The van der Waals surface area contributed by atoms with E-state index in [1.54, 1.807) is 11.7 Å². The quantitative estimate of drug-likeness (QED) is 0.919. The van der Waals surface area contributed by atoms with E-state index < -0.39 is 0 Å². The van der Waals surface area contributed by atoms with Gasteiger partial charge in [-0.3, -0.25) is 9.69 Å². The first-order valence-corrected chi connectivity index (χ1v) is 7.09. The number of likely N-dealkylation sites (N-methyl/N-ethyl adjacent to an activating group) is 2. The van der Waals surface area contributed by atoms with E-state index in [4.69, 9.17) is 11.6 Å². The van der Waals surface area contributed by atoms with Crippen molar-refractivity contribution in [1.82, 2.24) is 20.0 Å². The molecule has 0 saturated heterocycles. The predicted molar refractivity (Wildman–Crippen MR) is 83.7 cm³/mol. The topological polar surface area (TPSA) is 50.2 Å². The van der Waals surface area contributed by atoms with Crippen LogP contribution < -0.4 is 5.32 Å². The van der Waals surface area contributed by atoms with E-state index in [2.05, 4.69) is 10.4 Å². The summed E-state index contributed by atoms with van der Waals surface area (Å²) in [6.07, 6.45) is 0. The smallest absolute Gasteiger partial charge is 0.233 e. The van der Waals surface area contributed by atoms with Gasteiger partial charge in [0.2, 0.25) is 5.91 Å². The molecule has 1 aromatic heterocycles. The lowest BCUT2D eigenvalue weighted by molar-refractivity contribution is -0.121. The molecule has 0 unspecified atom stereocenters. The van der Waals surface area contributed by atoms with Crippen LogP contribution in [0.4, 0.5) is 0 Å². The summed E-state index contributed by atoms with van der Waals surface area (Å²) in [6, 6.07) is 9.75. The van der Waals surface area contributed by atoms with E-state index >= 15 is 0 Å². The van der Waals surface area contributed by atoms with Crippen molar-refractivity contribution in [1.29, 1.82) is 0 Å². The number of para-hydroxylation sites is 1. The number of amides is 1. The van der Waals surface area contributed by atoms with Crippen molar-refractivity contribution in [3.63, 3.8) is 0 Å². The van der Waals surface area contributed by atoms with E-state index in [9.17, 15) is 4.79 Å². The second-order valence-electron chi connectivity index (χ2n) is 4.95. The van der Waals surface area contributed by atoms with Crippen LogP contribution in [0.1, 0.15) is 11.3 Å². The van der Waals surface area contributed by atoms with Gasteiger partial charge in [-0.25, -0.2) is 4.68 Å². The Hall–Kier alpha value is -1.85. The van der Waals surface area contributed by atoms with Gasteiger partial charge in [-0.1, -0.05) is 29.8 Å². The Kier molecular flexibility index (Phi) is 4.98. The molecule has 0 bridgehead atoms. The minimum atomic E-state index is -0.0262. The second-order valence-corrected chi connectivity index (χ2v) is 5.31. The number of halogens is 1. The normalized spacial score (nSPS) is 10.9. The molecule has 0 aliphatic heterocycles.